The van der Waals surface area contributed by atoms with E-state index in [1.54, 1.807) is 7.11 Å². The Morgan fingerprint density at radius 3 is 2.56 bits per heavy atom. The number of halogens is 3. The SMILES string of the molecule is COc1cccc([C@@]23CC[N@+](C)(CC4CC4)CC2(O)CC[C@@H](NC(=O)C#Cc2ccc(C(F)(F)F)cc2)C3)c1. The van der Waals surface area contributed by atoms with Crippen LogP contribution in [0.5, 0.6) is 5.75 Å². The molecule has 208 valence electrons. The predicted octanol–water partition coefficient (Wildman–Crippen LogP) is 4.66. The average Bonchev–Trinajstić information content (AvgIpc) is 3.71. The molecule has 0 bridgehead atoms. The molecule has 4 atom stereocenters. The highest BCUT2D eigenvalue weighted by Crippen LogP contribution is 2.53. The van der Waals surface area contributed by atoms with E-state index in [0.29, 0.717) is 31.4 Å². The molecule has 0 radical (unpaired) electrons. The summed E-state index contributed by atoms with van der Waals surface area (Å²) in [5, 5.41) is 15.4. The average molecular weight is 542 g/mol. The summed E-state index contributed by atoms with van der Waals surface area (Å²) in [6, 6.07) is 12.2. The van der Waals surface area contributed by atoms with Crippen molar-refractivity contribution >= 4 is 5.91 Å². The number of rotatable bonds is 5. The second-order valence-corrected chi connectivity index (χ2v) is 12.0. The van der Waals surface area contributed by atoms with Crippen molar-refractivity contribution < 1.29 is 32.3 Å². The summed E-state index contributed by atoms with van der Waals surface area (Å²) < 4.78 is 44.8. The van der Waals surface area contributed by atoms with Crippen LogP contribution in [-0.2, 0) is 16.4 Å². The first kappa shape index (κ1) is 27.5. The fourth-order valence-electron chi connectivity index (χ4n) is 6.85. The number of likely N-dealkylation sites (tertiary alicyclic amines) is 1. The van der Waals surface area contributed by atoms with E-state index in [1.165, 1.54) is 25.0 Å². The Morgan fingerprint density at radius 2 is 1.90 bits per heavy atom. The molecule has 8 heteroatoms. The number of alkyl halides is 3. The number of hydrogen-bond donors (Lipinski definition) is 2. The number of nitrogens with zero attached hydrogens (tertiary/aromatic N) is 1. The standard InChI is InChI=1S/C31H35F3N2O3/c1-36(20-23-6-7-23)17-16-29(25-4-3-5-27(18-25)39-2)19-26(14-15-30(29,38)21-36)35-28(37)13-10-22-8-11-24(12-9-22)31(32,33)34/h3-5,8-9,11-12,18,23,26,38H,6-7,14-17,19-21H2,1-2H3/p+1/t26-,29+,30?,36-/m1/s1. The van der Waals surface area contributed by atoms with Crippen LogP contribution in [0.2, 0.25) is 0 Å². The molecule has 3 fully saturated rings. The van der Waals surface area contributed by atoms with Gasteiger partial charge in [-0.25, -0.2) is 0 Å². The first-order chi connectivity index (χ1) is 18.4. The summed E-state index contributed by atoms with van der Waals surface area (Å²) in [4.78, 5) is 12.8. The number of quaternary nitrogens is 1. The third kappa shape index (κ3) is 5.80. The van der Waals surface area contributed by atoms with Crippen LogP contribution in [0.1, 0.15) is 55.2 Å². The Kier molecular flexibility index (Phi) is 7.19. The van der Waals surface area contributed by atoms with Crippen LogP contribution in [-0.4, -0.2) is 60.9 Å². The molecule has 5 nitrogen and oxygen atoms in total. The largest absolute Gasteiger partial charge is 0.497 e. The van der Waals surface area contributed by atoms with E-state index in [1.807, 2.05) is 18.2 Å². The molecule has 3 aliphatic rings. The summed E-state index contributed by atoms with van der Waals surface area (Å²) in [7, 11) is 3.89. The Morgan fingerprint density at radius 1 is 1.15 bits per heavy atom. The molecule has 2 aliphatic carbocycles. The lowest BCUT2D eigenvalue weighted by Gasteiger charge is -2.59. The van der Waals surface area contributed by atoms with Gasteiger partial charge in [-0.3, -0.25) is 4.79 Å². The summed E-state index contributed by atoms with van der Waals surface area (Å²) in [6.07, 6.45) is 0.679. The molecular formula is C31H36F3N2O3+. The number of benzene rings is 2. The van der Waals surface area contributed by atoms with Gasteiger partial charge >= 0.3 is 6.18 Å². The van der Waals surface area contributed by atoms with Crippen LogP contribution < -0.4 is 10.1 Å². The second kappa shape index (κ2) is 10.2. The number of carbonyl (C=O) groups is 1. The van der Waals surface area contributed by atoms with Crippen LogP contribution in [0.3, 0.4) is 0 Å². The second-order valence-electron chi connectivity index (χ2n) is 12.0. The highest BCUT2D eigenvalue weighted by molar-refractivity contribution is 5.94. The fourth-order valence-corrected chi connectivity index (χ4v) is 6.85. The number of methoxy groups -OCH3 is 1. The lowest BCUT2D eigenvalue weighted by Crippen LogP contribution is -2.71. The van der Waals surface area contributed by atoms with Crippen LogP contribution in [0, 0.1) is 17.8 Å². The van der Waals surface area contributed by atoms with Crippen molar-refractivity contribution in [2.45, 2.75) is 61.8 Å². The van der Waals surface area contributed by atoms with E-state index in [0.717, 1.165) is 53.4 Å². The number of aliphatic hydroxyl groups is 1. The van der Waals surface area contributed by atoms with Crippen molar-refractivity contribution in [3.05, 3.63) is 65.2 Å². The zero-order valence-corrected chi connectivity index (χ0v) is 22.5. The smallest absolute Gasteiger partial charge is 0.416 e. The van der Waals surface area contributed by atoms with Gasteiger partial charge in [0.1, 0.15) is 17.9 Å². The van der Waals surface area contributed by atoms with E-state index in [9.17, 15) is 23.1 Å². The molecule has 1 saturated heterocycles. The first-order valence-corrected chi connectivity index (χ1v) is 13.6. The Labute approximate surface area is 227 Å². The Hall–Kier alpha value is -3.02. The molecular weight excluding hydrogens is 505 g/mol. The molecule has 0 aromatic heterocycles. The molecule has 2 aromatic carbocycles. The highest BCUT2D eigenvalue weighted by atomic mass is 19.4. The maximum absolute atomic E-state index is 12.8. The molecule has 1 amide bonds. The molecule has 2 saturated carbocycles. The summed E-state index contributed by atoms with van der Waals surface area (Å²) in [6.45, 7) is 2.72. The van der Waals surface area contributed by atoms with E-state index in [2.05, 4.69) is 30.3 Å². The monoisotopic (exact) mass is 541 g/mol. The maximum atomic E-state index is 12.8. The van der Waals surface area contributed by atoms with Crippen LogP contribution in [0.25, 0.3) is 0 Å². The van der Waals surface area contributed by atoms with Crippen molar-refractivity contribution in [1.29, 1.82) is 0 Å². The highest BCUT2D eigenvalue weighted by Gasteiger charge is 2.62. The Bertz CT molecular complexity index is 1280. The van der Waals surface area contributed by atoms with Crippen LogP contribution in [0.15, 0.2) is 48.5 Å². The van der Waals surface area contributed by atoms with E-state index in [4.69, 9.17) is 4.74 Å². The molecule has 0 spiro atoms. The number of nitrogens with one attached hydrogen (secondary N) is 1. The van der Waals surface area contributed by atoms with Crippen LogP contribution >= 0.6 is 0 Å². The molecule has 1 aliphatic heterocycles. The lowest BCUT2D eigenvalue weighted by atomic mass is 9.55. The number of amides is 1. The van der Waals surface area contributed by atoms with Crippen molar-refractivity contribution in [2.75, 3.05) is 33.8 Å². The van der Waals surface area contributed by atoms with Gasteiger partial charge in [0.15, 0.2) is 0 Å². The number of fused-ring (bicyclic) bond motifs is 1. The quantitative estimate of drug-likeness (QED) is 0.428. The summed E-state index contributed by atoms with van der Waals surface area (Å²) in [5.41, 5.74) is -0.857. The minimum absolute atomic E-state index is 0.189. The van der Waals surface area contributed by atoms with E-state index < -0.39 is 28.7 Å². The molecule has 1 unspecified atom stereocenters. The van der Waals surface area contributed by atoms with Gasteiger partial charge in [0.25, 0.3) is 5.91 Å². The van der Waals surface area contributed by atoms with Gasteiger partial charge < -0.3 is 19.6 Å². The number of likely N-dealkylation sites (N-methyl/N-ethyl adjacent to an activating group) is 1. The van der Waals surface area contributed by atoms with Gasteiger partial charge in [-0.15, -0.1) is 0 Å². The number of carbonyl (C=O) groups excluding carboxylic acids is 1. The summed E-state index contributed by atoms with van der Waals surface area (Å²) >= 11 is 0. The maximum Gasteiger partial charge on any atom is 0.416 e. The molecule has 39 heavy (non-hydrogen) atoms. The third-order valence-electron chi connectivity index (χ3n) is 9.00. The van der Waals surface area contributed by atoms with Gasteiger partial charge in [0, 0.05) is 35.3 Å². The van der Waals surface area contributed by atoms with Gasteiger partial charge in [0.2, 0.25) is 0 Å². The summed E-state index contributed by atoms with van der Waals surface area (Å²) in [5.74, 6) is 6.21. The van der Waals surface area contributed by atoms with Gasteiger partial charge in [-0.05, 0) is 74.1 Å². The molecule has 5 rings (SSSR count). The van der Waals surface area contributed by atoms with E-state index >= 15 is 0 Å². The first-order valence-electron chi connectivity index (χ1n) is 13.6. The van der Waals surface area contributed by atoms with Crippen molar-refractivity contribution in [1.82, 2.24) is 5.32 Å². The molecule has 2 N–H and O–H groups in total. The number of hydrogen-bond acceptors (Lipinski definition) is 3. The minimum Gasteiger partial charge on any atom is -0.497 e. The van der Waals surface area contributed by atoms with Gasteiger partial charge in [-0.2, -0.15) is 13.2 Å². The predicted molar refractivity (Wildman–Crippen MR) is 142 cm³/mol. The Balaban J connectivity index is 1.35. The molecule has 1 heterocycles. The van der Waals surface area contributed by atoms with Crippen LogP contribution in [0.4, 0.5) is 13.2 Å². The minimum atomic E-state index is -4.42. The third-order valence-corrected chi connectivity index (χ3v) is 9.00. The zero-order chi connectivity index (χ0) is 27.9. The van der Waals surface area contributed by atoms with Gasteiger partial charge in [0.05, 0.1) is 32.8 Å². The zero-order valence-electron chi connectivity index (χ0n) is 22.5. The fraction of sp³-hybridized carbons (Fsp3) is 0.516. The topological polar surface area (TPSA) is 58.6 Å². The van der Waals surface area contributed by atoms with Crippen molar-refractivity contribution in [3.8, 4) is 17.6 Å². The van der Waals surface area contributed by atoms with E-state index in [-0.39, 0.29) is 6.04 Å². The van der Waals surface area contributed by atoms with Crippen molar-refractivity contribution in [3.63, 3.8) is 0 Å². The van der Waals surface area contributed by atoms with Crippen molar-refractivity contribution in [2.24, 2.45) is 5.92 Å². The number of ether oxygens (including phenoxy) is 1. The normalized spacial score (nSPS) is 30.5. The lowest BCUT2D eigenvalue weighted by molar-refractivity contribution is -0.925. The number of piperidine rings is 1. The molecule has 2 aromatic rings. The van der Waals surface area contributed by atoms with Gasteiger partial charge in [-0.1, -0.05) is 18.1 Å².